The summed E-state index contributed by atoms with van der Waals surface area (Å²) in [4.78, 5) is 2.58. The Hall–Kier alpha value is -1.90. The van der Waals surface area contributed by atoms with Gasteiger partial charge >= 0.3 is 0 Å². The number of rotatable bonds is 12. The largest absolute Gasteiger partial charge is 0.375 e. The molecule has 0 bridgehead atoms. The van der Waals surface area contributed by atoms with Crippen LogP contribution in [0.4, 0.5) is 5.69 Å². The summed E-state index contributed by atoms with van der Waals surface area (Å²) in [6.45, 7) is 9.12. The number of azo groups is 1. The minimum atomic E-state index is 0.943. The standard InChI is InChI=1S/C24H37N3/c1-4-7-10-21-11-13-22(14-12-21)25-26-23-15-17-24(18-16-23)27(19-8-5-2)20-9-6-3/h11-15,17H,4-10,16,18-20H2,1-3H3/b26-25+. The van der Waals surface area contributed by atoms with Gasteiger partial charge in [0.05, 0.1) is 11.4 Å². The van der Waals surface area contributed by atoms with E-state index in [2.05, 4.69) is 72.3 Å². The number of hydrogen-bond acceptors (Lipinski definition) is 3. The summed E-state index contributed by atoms with van der Waals surface area (Å²) < 4.78 is 0. The first-order chi connectivity index (χ1) is 13.3. The Bertz CT molecular complexity index is 618. The van der Waals surface area contributed by atoms with Crippen LogP contribution in [0.1, 0.15) is 77.7 Å². The van der Waals surface area contributed by atoms with Crippen molar-refractivity contribution in [3.8, 4) is 0 Å². The molecule has 3 heteroatoms. The molecule has 0 unspecified atom stereocenters. The van der Waals surface area contributed by atoms with E-state index in [0.29, 0.717) is 0 Å². The van der Waals surface area contributed by atoms with E-state index in [4.69, 9.17) is 0 Å². The molecule has 0 spiro atoms. The van der Waals surface area contributed by atoms with E-state index in [1.54, 1.807) is 0 Å². The van der Waals surface area contributed by atoms with Gasteiger partial charge in [0.25, 0.3) is 0 Å². The maximum atomic E-state index is 4.49. The summed E-state index contributed by atoms with van der Waals surface area (Å²) in [7, 11) is 0. The van der Waals surface area contributed by atoms with Gasteiger partial charge in [-0.15, -0.1) is 0 Å². The molecule has 0 amide bonds. The number of hydrogen-bond donors (Lipinski definition) is 0. The molecule has 27 heavy (non-hydrogen) atoms. The van der Waals surface area contributed by atoms with Crippen LogP contribution in [0, 0.1) is 0 Å². The highest BCUT2D eigenvalue weighted by Crippen LogP contribution is 2.25. The van der Waals surface area contributed by atoms with Crippen LogP contribution in [0.25, 0.3) is 0 Å². The molecule has 0 N–H and O–H groups in total. The Balaban J connectivity index is 1.94. The molecule has 0 fully saturated rings. The van der Waals surface area contributed by atoms with E-state index in [-0.39, 0.29) is 0 Å². The van der Waals surface area contributed by atoms with Gasteiger partial charge in [-0.3, -0.25) is 0 Å². The summed E-state index contributed by atoms with van der Waals surface area (Å²) in [5, 5.41) is 8.92. The number of benzene rings is 1. The topological polar surface area (TPSA) is 28.0 Å². The zero-order valence-corrected chi connectivity index (χ0v) is 17.6. The third kappa shape index (κ3) is 7.70. The van der Waals surface area contributed by atoms with E-state index in [1.165, 1.54) is 62.9 Å². The van der Waals surface area contributed by atoms with Crippen molar-refractivity contribution in [1.29, 1.82) is 0 Å². The minimum Gasteiger partial charge on any atom is -0.375 e. The first-order valence-corrected chi connectivity index (χ1v) is 10.9. The number of unbranched alkanes of at least 4 members (excludes halogenated alkanes) is 3. The molecule has 1 aromatic carbocycles. The van der Waals surface area contributed by atoms with Crippen molar-refractivity contribution in [2.75, 3.05) is 13.1 Å². The summed E-state index contributed by atoms with van der Waals surface area (Å²) >= 11 is 0. The lowest BCUT2D eigenvalue weighted by atomic mass is 10.1. The average molecular weight is 368 g/mol. The third-order valence-electron chi connectivity index (χ3n) is 5.12. The van der Waals surface area contributed by atoms with Gasteiger partial charge in [-0.05, 0) is 68.4 Å². The van der Waals surface area contributed by atoms with Crippen LogP contribution < -0.4 is 0 Å². The lowest BCUT2D eigenvalue weighted by molar-refractivity contribution is 0.319. The molecule has 1 aliphatic carbocycles. The van der Waals surface area contributed by atoms with Gasteiger partial charge in [0, 0.05) is 18.8 Å². The van der Waals surface area contributed by atoms with Gasteiger partial charge in [0.1, 0.15) is 0 Å². The molecule has 0 saturated heterocycles. The maximum Gasteiger partial charge on any atom is 0.0857 e. The van der Waals surface area contributed by atoms with Crippen molar-refractivity contribution in [1.82, 2.24) is 4.90 Å². The van der Waals surface area contributed by atoms with Gasteiger partial charge in [-0.1, -0.05) is 52.2 Å². The molecule has 0 aromatic heterocycles. The number of nitrogens with zero attached hydrogens (tertiary/aromatic N) is 3. The van der Waals surface area contributed by atoms with Crippen molar-refractivity contribution in [3.05, 3.63) is 53.4 Å². The van der Waals surface area contributed by atoms with Crippen molar-refractivity contribution in [2.45, 2.75) is 78.6 Å². The van der Waals surface area contributed by atoms with Gasteiger partial charge in [-0.25, -0.2) is 0 Å². The molecule has 0 aliphatic heterocycles. The summed E-state index contributed by atoms with van der Waals surface area (Å²) in [5.74, 6) is 0. The Kier molecular flexibility index (Phi) is 9.89. The Morgan fingerprint density at radius 3 is 2.00 bits per heavy atom. The first-order valence-electron chi connectivity index (χ1n) is 10.9. The second-order valence-electron chi connectivity index (χ2n) is 7.48. The van der Waals surface area contributed by atoms with Gasteiger partial charge < -0.3 is 4.90 Å². The second-order valence-corrected chi connectivity index (χ2v) is 7.48. The van der Waals surface area contributed by atoms with Gasteiger partial charge in [0.15, 0.2) is 0 Å². The molecule has 2 rings (SSSR count). The SMILES string of the molecule is CCCCc1ccc(/N=N/C2=CC=C(N(CCCC)CCCC)CC2)cc1. The van der Waals surface area contributed by atoms with Crippen LogP contribution >= 0.6 is 0 Å². The summed E-state index contributed by atoms with van der Waals surface area (Å²) in [5.41, 5.74) is 4.88. The summed E-state index contributed by atoms with van der Waals surface area (Å²) in [6.07, 6.45) is 15.2. The number of allylic oxidation sites excluding steroid dienone is 4. The number of aryl methyl sites for hydroxylation is 1. The molecule has 1 aliphatic rings. The van der Waals surface area contributed by atoms with Crippen LogP contribution in [-0.2, 0) is 6.42 Å². The Morgan fingerprint density at radius 1 is 0.778 bits per heavy atom. The molecule has 148 valence electrons. The predicted molar refractivity (Wildman–Crippen MR) is 116 cm³/mol. The first kappa shape index (κ1) is 21.4. The van der Waals surface area contributed by atoms with Crippen molar-refractivity contribution < 1.29 is 0 Å². The van der Waals surface area contributed by atoms with Crippen LogP contribution in [0.2, 0.25) is 0 Å². The van der Waals surface area contributed by atoms with Crippen LogP contribution in [0.5, 0.6) is 0 Å². The predicted octanol–water partition coefficient (Wildman–Crippen LogP) is 7.58. The van der Waals surface area contributed by atoms with Gasteiger partial charge in [-0.2, -0.15) is 10.2 Å². The molecule has 0 heterocycles. The molecular weight excluding hydrogens is 330 g/mol. The summed E-state index contributed by atoms with van der Waals surface area (Å²) in [6, 6.07) is 8.51. The smallest absolute Gasteiger partial charge is 0.0857 e. The average Bonchev–Trinajstić information content (AvgIpc) is 2.72. The Labute approximate surface area is 166 Å². The fourth-order valence-electron chi connectivity index (χ4n) is 3.29. The highest BCUT2D eigenvalue weighted by Gasteiger charge is 2.12. The van der Waals surface area contributed by atoms with Crippen molar-refractivity contribution in [3.63, 3.8) is 0 Å². The lowest BCUT2D eigenvalue weighted by Gasteiger charge is -2.29. The molecular formula is C24H37N3. The highest BCUT2D eigenvalue weighted by molar-refractivity contribution is 5.38. The molecule has 1 aromatic rings. The highest BCUT2D eigenvalue weighted by atomic mass is 15.1. The quantitative estimate of drug-likeness (QED) is 0.350. The van der Waals surface area contributed by atoms with Crippen molar-refractivity contribution in [2.24, 2.45) is 10.2 Å². The molecule has 3 nitrogen and oxygen atoms in total. The molecule has 0 saturated carbocycles. The van der Waals surface area contributed by atoms with E-state index >= 15 is 0 Å². The monoisotopic (exact) mass is 367 g/mol. The molecule has 0 radical (unpaired) electrons. The third-order valence-corrected chi connectivity index (χ3v) is 5.12. The zero-order valence-electron chi connectivity index (χ0n) is 17.6. The minimum absolute atomic E-state index is 0.943. The zero-order chi connectivity index (χ0) is 19.3. The normalized spacial score (nSPS) is 14.3. The van der Waals surface area contributed by atoms with Crippen LogP contribution in [0.3, 0.4) is 0 Å². The fraction of sp³-hybridized carbons (Fsp3) is 0.583. The second kappa shape index (κ2) is 12.5. The van der Waals surface area contributed by atoms with E-state index in [9.17, 15) is 0 Å². The van der Waals surface area contributed by atoms with E-state index in [0.717, 1.165) is 30.6 Å². The van der Waals surface area contributed by atoms with Crippen LogP contribution in [-0.4, -0.2) is 18.0 Å². The maximum absolute atomic E-state index is 4.49. The molecule has 0 atom stereocenters. The van der Waals surface area contributed by atoms with Gasteiger partial charge in [0.2, 0.25) is 0 Å². The van der Waals surface area contributed by atoms with Crippen LogP contribution in [0.15, 0.2) is 58.0 Å². The lowest BCUT2D eigenvalue weighted by Crippen LogP contribution is -2.26. The fourth-order valence-corrected chi connectivity index (χ4v) is 3.29. The Morgan fingerprint density at radius 2 is 1.44 bits per heavy atom. The van der Waals surface area contributed by atoms with Crippen molar-refractivity contribution >= 4 is 5.69 Å². The van der Waals surface area contributed by atoms with E-state index in [1.807, 2.05) is 0 Å². The van der Waals surface area contributed by atoms with E-state index < -0.39 is 0 Å².